The molecule has 3 N–H and O–H groups in total. The van der Waals surface area contributed by atoms with E-state index in [-0.39, 0.29) is 17.3 Å². The summed E-state index contributed by atoms with van der Waals surface area (Å²) in [6, 6.07) is 6.93. The van der Waals surface area contributed by atoms with E-state index in [1.54, 1.807) is 25.1 Å². The van der Waals surface area contributed by atoms with E-state index in [0.29, 0.717) is 10.0 Å². The lowest BCUT2D eigenvalue weighted by Crippen LogP contribution is -2.16. The second-order valence-electron chi connectivity index (χ2n) is 4.68. The molecule has 0 bridgehead atoms. The second-order valence-corrected chi connectivity index (χ2v) is 7.18. The molecule has 1 aromatic carbocycles. The number of benzene rings is 1. The molecule has 0 amide bonds. The quantitative estimate of drug-likeness (QED) is 0.867. The van der Waals surface area contributed by atoms with Gasteiger partial charge in [-0.3, -0.25) is 4.72 Å². The Morgan fingerprint density at radius 1 is 1.33 bits per heavy atom. The van der Waals surface area contributed by atoms with Crippen LogP contribution in [0.3, 0.4) is 0 Å². The van der Waals surface area contributed by atoms with Crippen molar-refractivity contribution in [1.82, 2.24) is 4.98 Å². The van der Waals surface area contributed by atoms with Crippen LogP contribution < -0.4 is 10.5 Å². The molecule has 21 heavy (non-hydrogen) atoms. The van der Waals surface area contributed by atoms with Crippen LogP contribution in [0, 0.1) is 13.8 Å². The zero-order chi connectivity index (χ0) is 15.6. The SMILES string of the molecule is Cc1cc(CN)cc(S(=O)(=O)Nc2ncccc2Br)c1C. The van der Waals surface area contributed by atoms with Gasteiger partial charge < -0.3 is 5.73 Å². The van der Waals surface area contributed by atoms with E-state index in [0.717, 1.165) is 11.1 Å². The number of nitrogens with zero attached hydrogens (tertiary/aromatic N) is 1. The standard InChI is InChI=1S/C14H16BrN3O2S/c1-9-6-11(8-16)7-13(10(9)2)21(19,20)18-14-12(15)4-3-5-17-14/h3-7H,8,16H2,1-2H3,(H,17,18). The maximum absolute atomic E-state index is 12.6. The molecule has 0 saturated heterocycles. The third-order valence-corrected chi connectivity index (χ3v) is 5.30. The van der Waals surface area contributed by atoms with E-state index in [9.17, 15) is 8.42 Å². The molecule has 0 aliphatic heterocycles. The van der Waals surface area contributed by atoms with Gasteiger partial charge in [-0.25, -0.2) is 13.4 Å². The van der Waals surface area contributed by atoms with Gasteiger partial charge in [-0.15, -0.1) is 0 Å². The molecule has 1 heterocycles. The van der Waals surface area contributed by atoms with Crippen molar-refractivity contribution in [2.45, 2.75) is 25.3 Å². The predicted molar refractivity (Wildman–Crippen MR) is 86.6 cm³/mol. The van der Waals surface area contributed by atoms with Crippen molar-refractivity contribution in [1.29, 1.82) is 0 Å². The fraction of sp³-hybridized carbons (Fsp3) is 0.214. The van der Waals surface area contributed by atoms with Gasteiger partial charge in [0.15, 0.2) is 5.82 Å². The smallest absolute Gasteiger partial charge is 0.263 e. The molecule has 0 aliphatic carbocycles. The first-order valence-electron chi connectivity index (χ1n) is 6.28. The van der Waals surface area contributed by atoms with Crippen molar-refractivity contribution in [3.63, 3.8) is 0 Å². The summed E-state index contributed by atoms with van der Waals surface area (Å²) in [5.41, 5.74) is 7.99. The molecule has 0 radical (unpaired) electrons. The summed E-state index contributed by atoms with van der Waals surface area (Å²) in [6.07, 6.45) is 1.52. The lowest BCUT2D eigenvalue weighted by Gasteiger charge is -2.14. The van der Waals surface area contributed by atoms with Gasteiger partial charge in [0.1, 0.15) is 0 Å². The molecule has 5 nitrogen and oxygen atoms in total. The largest absolute Gasteiger partial charge is 0.326 e. The van der Waals surface area contributed by atoms with Gasteiger partial charge in [0.25, 0.3) is 10.0 Å². The minimum Gasteiger partial charge on any atom is -0.326 e. The van der Waals surface area contributed by atoms with Crippen LogP contribution in [0.15, 0.2) is 39.8 Å². The third kappa shape index (κ3) is 3.42. The van der Waals surface area contributed by atoms with Gasteiger partial charge in [0.2, 0.25) is 0 Å². The van der Waals surface area contributed by atoms with Crippen molar-refractivity contribution < 1.29 is 8.42 Å². The number of sulfonamides is 1. The van der Waals surface area contributed by atoms with Crippen LogP contribution in [0.25, 0.3) is 0 Å². The van der Waals surface area contributed by atoms with Crippen LogP contribution >= 0.6 is 15.9 Å². The molecular weight excluding hydrogens is 354 g/mol. The normalized spacial score (nSPS) is 11.4. The minimum absolute atomic E-state index is 0.223. The van der Waals surface area contributed by atoms with Crippen molar-refractivity contribution in [3.05, 3.63) is 51.6 Å². The Morgan fingerprint density at radius 3 is 2.67 bits per heavy atom. The highest BCUT2D eigenvalue weighted by atomic mass is 79.9. The first-order chi connectivity index (χ1) is 9.85. The van der Waals surface area contributed by atoms with Gasteiger partial charge in [-0.05, 0) is 64.7 Å². The Kier molecular flexibility index (Phi) is 4.65. The van der Waals surface area contributed by atoms with Crippen molar-refractivity contribution in [2.75, 3.05) is 4.72 Å². The molecule has 0 unspecified atom stereocenters. The maximum atomic E-state index is 12.6. The van der Waals surface area contributed by atoms with Crippen LogP contribution in [-0.4, -0.2) is 13.4 Å². The van der Waals surface area contributed by atoms with Crippen molar-refractivity contribution in [2.24, 2.45) is 5.73 Å². The van der Waals surface area contributed by atoms with Crippen LogP contribution in [0.4, 0.5) is 5.82 Å². The summed E-state index contributed by atoms with van der Waals surface area (Å²) in [5, 5.41) is 0. The Bertz CT molecular complexity index is 776. The second kappa shape index (κ2) is 6.13. The number of anilines is 1. The molecule has 0 saturated carbocycles. The Balaban J connectivity index is 2.50. The average Bonchev–Trinajstić information content (AvgIpc) is 2.43. The van der Waals surface area contributed by atoms with Crippen LogP contribution in [0.2, 0.25) is 0 Å². The number of aromatic nitrogens is 1. The highest BCUT2D eigenvalue weighted by molar-refractivity contribution is 9.10. The number of nitrogens with two attached hydrogens (primary N) is 1. The molecule has 1 aromatic heterocycles. The Morgan fingerprint density at radius 2 is 2.05 bits per heavy atom. The lowest BCUT2D eigenvalue weighted by molar-refractivity contribution is 0.600. The van der Waals surface area contributed by atoms with E-state index in [1.165, 1.54) is 6.20 Å². The molecule has 2 aromatic rings. The van der Waals surface area contributed by atoms with Gasteiger partial charge in [-0.1, -0.05) is 6.07 Å². The fourth-order valence-corrected chi connectivity index (χ4v) is 3.82. The summed E-state index contributed by atoms with van der Waals surface area (Å²) in [5.74, 6) is 0.257. The monoisotopic (exact) mass is 369 g/mol. The first-order valence-corrected chi connectivity index (χ1v) is 8.56. The number of aryl methyl sites for hydroxylation is 1. The van der Waals surface area contributed by atoms with Crippen molar-refractivity contribution >= 4 is 31.8 Å². The first kappa shape index (κ1) is 15.9. The average molecular weight is 370 g/mol. The molecule has 0 fully saturated rings. The summed E-state index contributed by atoms with van der Waals surface area (Å²) >= 11 is 3.27. The van der Waals surface area contributed by atoms with Crippen LogP contribution in [-0.2, 0) is 16.6 Å². The van der Waals surface area contributed by atoms with Crippen molar-refractivity contribution in [3.8, 4) is 0 Å². The molecule has 112 valence electrons. The number of pyridine rings is 1. The number of hydrogen-bond acceptors (Lipinski definition) is 4. The molecule has 0 atom stereocenters. The van der Waals surface area contributed by atoms with Gasteiger partial charge in [0, 0.05) is 12.7 Å². The minimum atomic E-state index is -3.72. The molecular formula is C14H16BrN3O2S. The molecule has 7 heteroatoms. The lowest BCUT2D eigenvalue weighted by atomic mass is 10.1. The predicted octanol–water partition coefficient (Wildman–Crippen LogP) is 2.72. The van der Waals surface area contributed by atoms with Crippen LogP contribution in [0.1, 0.15) is 16.7 Å². The Hall–Kier alpha value is -1.44. The van der Waals surface area contributed by atoms with Gasteiger partial charge in [-0.2, -0.15) is 0 Å². The van der Waals surface area contributed by atoms with E-state index < -0.39 is 10.0 Å². The van der Waals surface area contributed by atoms with E-state index >= 15 is 0 Å². The highest BCUT2D eigenvalue weighted by Crippen LogP contribution is 2.25. The third-order valence-electron chi connectivity index (χ3n) is 3.19. The van der Waals surface area contributed by atoms with E-state index in [4.69, 9.17) is 5.73 Å². The summed E-state index contributed by atoms with van der Waals surface area (Å²) in [6.45, 7) is 3.93. The zero-order valence-electron chi connectivity index (χ0n) is 11.7. The molecule has 0 spiro atoms. The number of rotatable bonds is 4. The fourth-order valence-electron chi connectivity index (χ4n) is 1.94. The van der Waals surface area contributed by atoms with E-state index in [1.807, 2.05) is 13.0 Å². The van der Waals surface area contributed by atoms with Crippen LogP contribution in [0.5, 0.6) is 0 Å². The summed E-state index contributed by atoms with van der Waals surface area (Å²) in [4.78, 5) is 4.24. The summed E-state index contributed by atoms with van der Waals surface area (Å²) < 4.78 is 28.2. The topological polar surface area (TPSA) is 85.1 Å². The van der Waals surface area contributed by atoms with Gasteiger partial charge in [0.05, 0.1) is 9.37 Å². The molecule has 0 aliphatic rings. The highest BCUT2D eigenvalue weighted by Gasteiger charge is 2.20. The van der Waals surface area contributed by atoms with E-state index in [2.05, 4.69) is 25.6 Å². The number of halogens is 1. The maximum Gasteiger partial charge on any atom is 0.263 e. The Labute approximate surface area is 132 Å². The number of hydrogen-bond donors (Lipinski definition) is 2. The zero-order valence-corrected chi connectivity index (χ0v) is 14.1. The number of nitrogens with one attached hydrogen (secondary N) is 1. The van der Waals surface area contributed by atoms with Gasteiger partial charge >= 0.3 is 0 Å². The summed E-state index contributed by atoms with van der Waals surface area (Å²) in [7, 11) is -3.72. The molecule has 2 rings (SSSR count).